The predicted molar refractivity (Wildman–Crippen MR) is 79.5 cm³/mol. The number of ether oxygens (including phenoxy) is 1. The lowest BCUT2D eigenvalue weighted by Crippen LogP contribution is -2.40. The summed E-state index contributed by atoms with van der Waals surface area (Å²) in [4.78, 5) is 23.3. The third-order valence-electron chi connectivity index (χ3n) is 3.43. The second-order valence-electron chi connectivity index (χ2n) is 5.14. The number of carbonyl (C=O) groups excluding carboxylic acids is 2. The van der Waals surface area contributed by atoms with Gasteiger partial charge in [0, 0.05) is 31.8 Å². The largest absolute Gasteiger partial charge is 0.370 e. The van der Waals surface area contributed by atoms with E-state index in [0.29, 0.717) is 6.54 Å². The van der Waals surface area contributed by atoms with Crippen molar-refractivity contribution in [2.45, 2.75) is 25.5 Å². The molecule has 1 unspecified atom stereocenters. The Morgan fingerprint density at radius 1 is 1.33 bits per heavy atom. The zero-order valence-corrected chi connectivity index (χ0v) is 12.1. The smallest absolute Gasteiger partial charge is 0.250 e. The molecule has 0 spiro atoms. The van der Waals surface area contributed by atoms with E-state index in [9.17, 15) is 9.59 Å². The van der Waals surface area contributed by atoms with E-state index in [-0.39, 0.29) is 24.3 Å². The first-order chi connectivity index (χ1) is 10.1. The average molecular weight is 291 g/mol. The van der Waals surface area contributed by atoms with Gasteiger partial charge in [0.25, 0.3) is 5.91 Å². The Labute approximate surface area is 124 Å². The lowest BCUT2D eigenvalue weighted by Gasteiger charge is -2.13. The number of nitrogens with one attached hydrogen (secondary N) is 2. The molecule has 1 atom stereocenters. The van der Waals surface area contributed by atoms with Crippen LogP contribution in [-0.2, 0) is 20.9 Å². The molecule has 21 heavy (non-hydrogen) atoms. The first-order valence-corrected chi connectivity index (χ1v) is 7.04. The van der Waals surface area contributed by atoms with Crippen molar-refractivity contribution in [1.82, 2.24) is 5.32 Å². The summed E-state index contributed by atoms with van der Waals surface area (Å²) in [6.07, 6.45) is 1.34. The maximum Gasteiger partial charge on any atom is 0.250 e. The third-order valence-corrected chi connectivity index (χ3v) is 3.43. The van der Waals surface area contributed by atoms with Gasteiger partial charge in [-0.05, 0) is 30.5 Å². The first kappa shape index (κ1) is 15.5. The van der Waals surface area contributed by atoms with Crippen LogP contribution in [-0.4, -0.2) is 31.6 Å². The fraction of sp³-hybridized carbons (Fsp3) is 0.467. The van der Waals surface area contributed by atoms with Crippen molar-refractivity contribution >= 4 is 17.5 Å². The summed E-state index contributed by atoms with van der Waals surface area (Å²) >= 11 is 0. The van der Waals surface area contributed by atoms with Crippen molar-refractivity contribution in [1.29, 1.82) is 0 Å². The van der Waals surface area contributed by atoms with E-state index >= 15 is 0 Å². The SMILES string of the molecule is COC(CN)C(=O)NCc1ccc(NC(=O)C2CC2)cc1. The number of benzene rings is 1. The number of carbonyl (C=O) groups is 2. The minimum absolute atomic E-state index is 0.0851. The van der Waals surface area contributed by atoms with Gasteiger partial charge in [0.1, 0.15) is 6.10 Å². The zero-order chi connectivity index (χ0) is 15.2. The van der Waals surface area contributed by atoms with E-state index in [1.165, 1.54) is 7.11 Å². The summed E-state index contributed by atoms with van der Waals surface area (Å²) in [6.45, 7) is 0.546. The highest BCUT2D eigenvalue weighted by Gasteiger charge is 2.29. The second-order valence-corrected chi connectivity index (χ2v) is 5.14. The van der Waals surface area contributed by atoms with Crippen LogP contribution in [0.5, 0.6) is 0 Å². The molecule has 2 amide bonds. The van der Waals surface area contributed by atoms with Gasteiger partial charge < -0.3 is 21.1 Å². The molecular weight excluding hydrogens is 270 g/mol. The standard InChI is InChI=1S/C15H21N3O3/c1-21-13(8-16)15(20)17-9-10-2-6-12(7-3-10)18-14(19)11-4-5-11/h2-3,6-7,11,13H,4-5,8-9,16H2,1H3,(H,17,20)(H,18,19). The number of amides is 2. The average Bonchev–Trinajstić information content (AvgIpc) is 3.32. The molecule has 1 aromatic carbocycles. The zero-order valence-electron chi connectivity index (χ0n) is 12.1. The number of hydrogen-bond acceptors (Lipinski definition) is 4. The highest BCUT2D eigenvalue weighted by atomic mass is 16.5. The third kappa shape index (κ3) is 4.54. The highest BCUT2D eigenvalue weighted by molar-refractivity contribution is 5.94. The summed E-state index contributed by atoms with van der Waals surface area (Å²) in [5.41, 5.74) is 7.14. The maximum atomic E-state index is 11.7. The molecule has 0 aliphatic heterocycles. The maximum absolute atomic E-state index is 11.7. The van der Waals surface area contributed by atoms with Crippen molar-refractivity contribution < 1.29 is 14.3 Å². The van der Waals surface area contributed by atoms with Gasteiger partial charge in [-0.15, -0.1) is 0 Å². The molecule has 0 heterocycles. The van der Waals surface area contributed by atoms with Crippen LogP contribution in [0.25, 0.3) is 0 Å². The Morgan fingerprint density at radius 2 is 2.00 bits per heavy atom. The summed E-state index contributed by atoms with van der Waals surface area (Å²) in [5.74, 6) is 0.0410. The van der Waals surface area contributed by atoms with Crippen molar-refractivity contribution in [3.63, 3.8) is 0 Å². The van der Waals surface area contributed by atoms with Crippen LogP contribution in [0.15, 0.2) is 24.3 Å². The molecule has 1 aromatic rings. The van der Waals surface area contributed by atoms with Gasteiger partial charge in [-0.2, -0.15) is 0 Å². The van der Waals surface area contributed by atoms with Crippen molar-refractivity contribution in [3.05, 3.63) is 29.8 Å². The monoisotopic (exact) mass is 291 g/mol. The van der Waals surface area contributed by atoms with Crippen LogP contribution >= 0.6 is 0 Å². The van der Waals surface area contributed by atoms with E-state index in [0.717, 1.165) is 24.1 Å². The minimum Gasteiger partial charge on any atom is -0.370 e. The fourth-order valence-corrected chi connectivity index (χ4v) is 1.91. The van der Waals surface area contributed by atoms with Crippen molar-refractivity contribution in [3.8, 4) is 0 Å². The Kier molecular flexibility index (Phi) is 5.30. The highest BCUT2D eigenvalue weighted by Crippen LogP contribution is 2.30. The molecule has 1 saturated carbocycles. The normalized spacial score (nSPS) is 15.3. The molecule has 114 valence electrons. The number of methoxy groups -OCH3 is 1. The fourth-order valence-electron chi connectivity index (χ4n) is 1.91. The lowest BCUT2D eigenvalue weighted by atomic mass is 10.2. The Hall–Kier alpha value is -1.92. The quantitative estimate of drug-likeness (QED) is 0.686. The van der Waals surface area contributed by atoms with Gasteiger partial charge in [0.05, 0.1) is 0 Å². The predicted octanol–water partition coefficient (Wildman–Crippen LogP) is 0.625. The molecular formula is C15H21N3O3. The van der Waals surface area contributed by atoms with Gasteiger partial charge in [-0.3, -0.25) is 9.59 Å². The number of anilines is 1. The topological polar surface area (TPSA) is 93.4 Å². The van der Waals surface area contributed by atoms with Crippen LogP contribution in [0.1, 0.15) is 18.4 Å². The van der Waals surface area contributed by atoms with Gasteiger partial charge in [0.15, 0.2) is 0 Å². The molecule has 4 N–H and O–H groups in total. The minimum atomic E-state index is -0.623. The number of hydrogen-bond donors (Lipinski definition) is 3. The van der Waals surface area contributed by atoms with Crippen LogP contribution in [0.4, 0.5) is 5.69 Å². The van der Waals surface area contributed by atoms with Gasteiger partial charge in [-0.25, -0.2) is 0 Å². The van der Waals surface area contributed by atoms with Crippen molar-refractivity contribution in [2.24, 2.45) is 11.7 Å². The molecule has 2 rings (SSSR count). The van der Waals surface area contributed by atoms with Crippen molar-refractivity contribution in [2.75, 3.05) is 19.0 Å². The lowest BCUT2D eigenvalue weighted by molar-refractivity contribution is -0.130. The number of rotatable bonds is 7. The van der Waals surface area contributed by atoms with E-state index < -0.39 is 6.10 Å². The molecule has 0 radical (unpaired) electrons. The van der Waals surface area contributed by atoms with Crippen LogP contribution in [0.3, 0.4) is 0 Å². The van der Waals surface area contributed by atoms with Crippen LogP contribution in [0, 0.1) is 5.92 Å². The summed E-state index contributed by atoms with van der Waals surface area (Å²) in [5, 5.41) is 5.63. The van der Waals surface area contributed by atoms with Crippen LogP contribution in [0.2, 0.25) is 0 Å². The van der Waals surface area contributed by atoms with Gasteiger partial charge >= 0.3 is 0 Å². The molecule has 6 nitrogen and oxygen atoms in total. The molecule has 0 aromatic heterocycles. The molecule has 1 aliphatic rings. The summed E-state index contributed by atoms with van der Waals surface area (Å²) in [6, 6.07) is 7.40. The Balaban J connectivity index is 1.81. The molecule has 0 saturated heterocycles. The Morgan fingerprint density at radius 3 is 2.52 bits per heavy atom. The van der Waals surface area contributed by atoms with E-state index in [1.54, 1.807) is 0 Å². The van der Waals surface area contributed by atoms with Gasteiger partial charge in [0.2, 0.25) is 5.91 Å². The molecule has 0 bridgehead atoms. The van der Waals surface area contributed by atoms with E-state index in [1.807, 2.05) is 24.3 Å². The Bertz CT molecular complexity index is 493. The second kappa shape index (κ2) is 7.19. The molecule has 1 fully saturated rings. The summed E-state index contributed by atoms with van der Waals surface area (Å²) in [7, 11) is 1.45. The van der Waals surface area contributed by atoms with Gasteiger partial charge in [-0.1, -0.05) is 12.1 Å². The van der Waals surface area contributed by atoms with E-state index in [4.69, 9.17) is 10.5 Å². The van der Waals surface area contributed by atoms with Crippen LogP contribution < -0.4 is 16.4 Å². The first-order valence-electron chi connectivity index (χ1n) is 7.04. The number of nitrogens with two attached hydrogens (primary N) is 1. The molecule has 1 aliphatic carbocycles. The molecule has 6 heteroatoms. The summed E-state index contributed by atoms with van der Waals surface area (Å²) < 4.78 is 4.96. The van der Waals surface area contributed by atoms with E-state index in [2.05, 4.69) is 10.6 Å².